The summed E-state index contributed by atoms with van der Waals surface area (Å²) < 4.78 is 5.46. The van der Waals surface area contributed by atoms with Crippen LogP contribution in [0.3, 0.4) is 0 Å². The summed E-state index contributed by atoms with van der Waals surface area (Å²) in [5.74, 6) is 0.0666. The zero-order chi connectivity index (χ0) is 22.9. The Morgan fingerprint density at radius 1 is 0.970 bits per heavy atom. The highest BCUT2D eigenvalue weighted by Gasteiger charge is 2.26. The molecule has 2 aromatic carbocycles. The molecular weight excluding hydrogens is 414 g/mol. The van der Waals surface area contributed by atoms with Crippen molar-refractivity contribution in [2.75, 3.05) is 39.4 Å². The fraction of sp³-hybridized carbons (Fsp3) is 0.407. The molecule has 0 spiro atoms. The lowest BCUT2D eigenvalue weighted by Crippen LogP contribution is -3.12. The molecule has 2 saturated heterocycles. The molecular formula is C27H34N3O3+. The Kier molecular flexibility index (Phi) is 8.28. The highest BCUT2D eigenvalue weighted by Crippen LogP contribution is 2.18. The van der Waals surface area contributed by atoms with Crippen LogP contribution < -0.4 is 10.2 Å². The number of rotatable bonds is 7. The Morgan fingerprint density at radius 3 is 2.36 bits per heavy atom. The molecule has 6 heteroatoms. The number of quaternary nitrogens is 1. The number of nitrogens with zero attached hydrogens (tertiary/aromatic N) is 1. The van der Waals surface area contributed by atoms with E-state index in [1.165, 1.54) is 16.0 Å². The van der Waals surface area contributed by atoms with Gasteiger partial charge in [-0.2, -0.15) is 0 Å². The van der Waals surface area contributed by atoms with Crippen LogP contribution in [0.1, 0.15) is 29.5 Å². The number of amides is 2. The van der Waals surface area contributed by atoms with Gasteiger partial charge in [0.25, 0.3) is 0 Å². The predicted molar refractivity (Wildman–Crippen MR) is 128 cm³/mol. The molecule has 0 aliphatic carbocycles. The molecule has 0 aromatic heterocycles. The zero-order valence-electron chi connectivity index (χ0n) is 19.2. The second-order valence-electron chi connectivity index (χ2n) is 8.87. The maximum Gasteiger partial charge on any atom is 0.246 e. The van der Waals surface area contributed by atoms with Gasteiger partial charge in [0, 0.05) is 37.2 Å². The molecule has 174 valence electrons. The number of hydrogen-bond donors (Lipinski definition) is 2. The van der Waals surface area contributed by atoms with Gasteiger partial charge in [-0.1, -0.05) is 54.6 Å². The molecule has 0 bridgehead atoms. The van der Waals surface area contributed by atoms with Crippen molar-refractivity contribution in [1.29, 1.82) is 0 Å². The molecule has 0 unspecified atom stereocenters. The fourth-order valence-corrected chi connectivity index (χ4v) is 4.53. The van der Waals surface area contributed by atoms with Crippen LogP contribution >= 0.6 is 0 Å². The first-order valence-corrected chi connectivity index (χ1v) is 12.0. The van der Waals surface area contributed by atoms with Crippen molar-refractivity contribution in [3.05, 3.63) is 77.4 Å². The van der Waals surface area contributed by atoms with Gasteiger partial charge in [0.1, 0.15) is 19.6 Å². The average Bonchev–Trinajstić information content (AvgIpc) is 2.88. The minimum Gasteiger partial charge on any atom is -0.370 e. The first-order chi connectivity index (χ1) is 16.2. The molecule has 2 aromatic rings. The fourth-order valence-electron chi connectivity index (χ4n) is 4.53. The van der Waals surface area contributed by atoms with Crippen LogP contribution in [0, 0.1) is 5.92 Å². The summed E-state index contributed by atoms with van der Waals surface area (Å²) in [4.78, 5) is 28.7. The molecule has 0 radical (unpaired) electrons. The Balaban J connectivity index is 1.23. The van der Waals surface area contributed by atoms with Gasteiger partial charge in [0.15, 0.2) is 0 Å². The molecule has 2 heterocycles. The number of likely N-dealkylation sites (tertiary alicyclic amines) is 1. The monoisotopic (exact) mass is 448 g/mol. The summed E-state index contributed by atoms with van der Waals surface area (Å²) in [5.41, 5.74) is 3.49. The van der Waals surface area contributed by atoms with E-state index in [2.05, 4.69) is 23.5 Å². The molecule has 2 N–H and O–H groups in total. The highest BCUT2D eigenvalue weighted by atomic mass is 16.5. The van der Waals surface area contributed by atoms with Gasteiger partial charge < -0.3 is 19.9 Å². The van der Waals surface area contributed by atoms with E-state index in [-0.39, 0.29) is 17.7 Å². The number of nitrogens with one attached hydrogen (secondary N) is 2. The molecule has 4 rings (SSSR count). The topological polar surface area (TPSA) is 63.1 Å². The van der Waals surface area contributed by atoms with Crippen LogP contribution in [0.25, 0.3) is 6.08 Å². The summed E-state index contributed by atoms with van der Waals surface area (Å²) in [7, 11) is 0. The average molecular weight is 449 g/mol. The largest absolute Gasteiger partial charge is 0.370 e. The lowest BCUT2D eigenvalue weighted by Gasteiger charge is -2.30. The Hall–Kier alpha value is -2.96. The van der Waals surface area contributed by atoms with Crippen LogP contribution in [0.2, 0.25) is 0 Å². The Bertz CT molecular complexity index is 946. The number of ether oxygens (including phenoxy) is 1. The quantitative estimate of drug-likeness (QED) is 0.634. The maximum absolute atomic E-state index is 12.8. The first kappa shape index (κ1) is 23.2. The lowest BCUT2D eigenvalue weighted by molar-refractivity contribution is -0.921. The van der Waals surface area contributed by atoms with Crippen LogP contribution in [0.4, 0.5) is 0 Å². The molecule has 2 amide bonds. The number of piperidine rings is 1. The predicted octanol–water partition coefficient (Wildman–Crippen LogP) is 1.67. The van der Waals surface area contributed by atoms with Crippen molar-refractivity contribution in [3.63, 3.8) is 0 Å². The molecule has 0 atom stereocenters. The van der Waals surface area contributed by atoms with E-state index in [9.17, 15) is 9.59 Å². The maximum atomic E-state index is 12.8. The molecule has 33 heavy (non-hydrogen) atoms. The van der Waals surface area contributed by atoms with Crippen molar-refractivity contribution >= 4 is 17.9 Å². The standard InChI is InChI=1S/C27H33N3O3/c31-26(11-10-22-6-2-1-3-7-22)30-14-12-23(13-15-30)27(32)28-20-24-8-4-5-9-25(24)21-29-16-18-33-19-17-29/h1-11,23H,12-21H2,(H,28,32)/p+1. The van der Waals surface area contributed by atoms with Crippen LogP contribution in [0.15, 0.2) is 60.7 Å². The number of hydrogen-bond acceptors (Lipinski definition) is 3. The Morgan fingerprint density at radius 2 is 1.64 bits per heavy atom. The van der Waals surface area contributed by atoms with Crippen LogP contribution in [0.5, 0.6) is 0 Å². The summed E-state index contributed by atoms with van der Waals surface area (Å²) in [5, 5.41) is 3.15. The van der Waals surface area contributed by atoms with E-state index in [4.69, 9.17) is 4.74 Å². The van der Waals surface area contributed by atoms with Crippen molar-refractivity contribution < 1.29 is 19.2 Å². The third kappa shape index (κ3) is 6.76. The van der Waals surface area contributed by atoms with Gasteiger partial charge in [-0.25, -0.2) is 0 Å². The minimum absolute atomic E-state index is 0.0113. The van der Waals surface area contributed by atoms with E-state index >= 15 is 0 Å². The van der Waals surface area contributed by atoms with Crippen LogP contribution in [-0.4, -0.2) is 56.1 Å². The lowest BCUT2D eigenvalue weighted by atomic mass is 9.95. The summed E-state index contributed by atoms with van der Waals surface area (Å²) in [6.45, 7) is 6.44. The first-order valence-electron chi connectivity index (χ1n) is 12.0. The van der Waals surface area contributed by atoms with Gasteiger partial charge in [0.05, 0.1) is 13.2 Å². The summed E-state index contributed by atoms with van der Waals surface area (Å²) >= 11 is 0. The third-order valence-electron chi connectivity index (χ3n) is 6.61. The second kappa shape index (κ2) is 11.8. The van der Waals surface area contributed by atoms with Gasteiger partial charge in [-0.15, -0.1) is 0 Å². The van der Waals surface area contributed by atoms with Gasteiger partial charge in [-0.05, 0) is 30.0 Å². The smallest absolute Gasteiger partial charge is 0.246 e. The van der Waals surface area contributed by atoms with E-state index < -0.39 is 0 Å². The molecule has 2 fully saturated rings. The summed E-state index contributed by atoms with van der Waals surface area (Å²) in [6, 6.07) is 18.2. The normalized spacial score (nSPS) is 17.9. The number of carbonyl (C=O) groups excluding carboxylic acids is 2. The van der Waals surface area contributed by atoms with Crippen LogP contribution in [-0.2, 0) is 27.4 Å². The van der Waals surface area contributed by atoms with Crippen molar-refractivity contribution in [2.45, 2.75) is 25.9 Å². The van der Waals surface area contributed by atoms with Gasteiger partial charge in [-0.3, -0.25) is 9.59 Å². The third-order valence-corrected chi connectivity index (χ3v) is 6.61. The molecule has 2 aliphatic heterocycles. The Labute approximate surface area is 196 Å². The highest BCUT2D eigenvalue weighted by molar-refractivity contribution is 5.92. The van der Waals surface area contributed by atoms with E-state index in [1.54, 1.807) is 6.08 Å². The van der Waals surface area contributed by atoms with Crippen molar-refractivity contribution in [3.8, 4) is 0 Å². The SMILES string of the molecule is O=C(NCc1ccccc1C[NH+]1CCOCC1)C1CCN(C(=O)C=Cc2ccccc2)CC1. The molecule has 6 nitrogen and oxygen atoms in total. The van der Waals surface area contributed by atoms with Gasteiger partial charge >= 0.3 is 0 Å². The molecule has 2 aliphatic rings. The number of morpholine rings is 1. The van der Waals surface area contributed by atoms with E-state index in [0.29, 0.717) is 32.5 Å². The van der Waals surface area contributed by atoms with E-state index in [0.717, 1.165) is 38.4 Å². The minimum atomic E-state index is -0.0378. The van der Waals surface area contributed by atoms with Crippen molar-refractivity contribution in [1.82, 2.24) is 10.2 Å². The van der Waals surface area contributed by atoms with Crippen molar-refractivity contribution in [2.24, 2.45) is 5.92 Å². The zero-order valence-corrected chi connectivity index (χ0v) is 19.2. The van der Waals surface area contributed by atoms with Gasteiger partial charge in [0.2, 0.25) is 11.8 Å². The number of benzene rings is 2. The number of carbonyl (C=O) groups is 2. The van der Waals surface area contributed by atoms with E-state index in [1.807, 2.05) is 47.4 Å². The molecule has 0 saturated carbocycles. The second-order valence-corrected chi connectivity index (χ2v) is 8.87. The summed E-state index contributed by atoms with van der Waals surface area (Å²) in [6.07, 6.45) is 4.88.